The number of anilines is 2. The highest BCUT2D eigenvalue weighted by Gasteiger charge is 2.01. The number of nitrogen functional groups attached to an aromatic ring is 1. The average molecular weight is 305 g/mol. The lowest BCUT2D eigenvalue weighted by Gasteiger charge is -2.08. The number of methoxy groups -OCH3 is 1. The monoisotopic (exact) mass is 304 g/mol. The van der Waals surface area contributed by atoms with Gasteiger partial charge >= 0.3 is 0 Å². The Morgan fingerprint density at radius 2 is 2.24 bits per heavy atom. The molecule has 0 aromatic carbocycles. The quantitative estimate of drug-likeness (QED) is 0.704. The van der Waals surface area contributed by atoms with Gasteiger partial charge < -0.3 is 20.5 Å². The number of hydrogen-bond donors (Lipinski definition) is 2. The van der Waals surface area contributed by atoms with E-state index in [0.717, 1.165) is 17.4 Å². The molecule has 0 aliphatic heterocycles. The second-order valence-electron chi connectivity index (χ2n) is 3.31. The van der Waals surface area contributed by atoms with E-state index in [0.29, 0.717) is 25.6 Å². The summed E-state index contributed by atoms with van der Waals surface area (Å²) in [5.74, 6) is 0.960. The summed E-state index contributed by atoms with van der Waals surface area (Å²) in [5, 5.41) is 3.16. The normalized spacial score (nSPS) is 10.5. The van der Waals surface area contributed by atoms with Crippen LogP contribution in [0, 0.1) is 0 Å². The second-order valence-corrected chi connectivity index (χ2v) is 4.16. The van der Waals surface area contributed by atoms with E-state index >= 15 is 0 Å². The molecule has 0 spiro atoms. The number of rotatable bonds is 8. The van der Waals surface area contributed by atoms with Crippen LogP contribution in [-0.2, 0) is 9.47 Å². The molecule has 17 heavy (non-hydrogen) atoms. The number of halogens is 1. The van der Waals surface area contributed by atoms with Crippen LogP contribution in [0.4, 0.5) is 11.8 Å². The Morgan fingerprint density at radius 3 is 3.00 bits per heavy atom. The van der Waals surface area contributed by atoms with Crippen LogP contribution in [0.15, 0.2) is 10.7 Å². The molecule has 0 saturated carbocycles. The zero-order valence-electron chi connectivity index (χ0n) is 9.78. The van der Waals surface area contributed by atoms with Crippen molar-refractivity contribution in [3.63, 3.8) is 0 Å². The van der Waals surface area contributed by atoms with Crippen molar-refractivity contribution in [1.29, 1.82) is 0 Å². The lowest BCUT2D eigenvalue weighted by atomic mass is 10.4. The lowest BCUT2D eigenvalue weighted by molar-refractivity contribution is 0.0705. The predicted octanol–water partition coefficient (Wildman–Crippen LogP) is 1.29. The summed E-state index contributed by atoms with van der Waals surface area (Å²) in [6, 6.07) is 0. The molecule has 1 aromatic rings. The van der Waals surface area contributed by atoms with E-state index < -0.39 is 0 Å². The number of nitrogens with zero attached hydrogens (tertiary/aromatic N) is 2. The predicted molar refractivity (Wildman–Crippen MR) is 69.9 cm³/mol. The first-order valence-electron chi connectivity index (χ1n) is 5.32. The summed E-state index contributed by atoms with van der Waals surface area (Å²) in [5.41, 5.74) is 5.49. The van der Waals surface area contributed by atoms with E-state index in [1.807, 2.05) is 0 Å². The number of ether oxygens (including phenoxy) is 2. The zero-order chi connectivity index (χ0) is 12.5. The fourth-order valence-corrected chi connectivity index (χ4v) is 1.46. The highest BCUT2D eigenvalue weighted by molar-refractivity contribution is 9.10. The van der Waals surface area contributed by atoms with Crippen LogP contribution >= 0.6 is 15.9 Å². The maximum absolute atomic E-state index is 5.49. The molecule has 6 nitrogen and oxygen atoms in total. The second kappa shape index (κ2) is 8.21. The summed E-state index contributed by atoms with van der Waals surface area (Å²) < 4.78 is 11.0. The van der Waals surface area contributed by atoms with Crippen LogP contribution in [0.25, 0.3) is 0 Å². The van der Waals surface area contributed by atoms with E-state index in [4.69, 9.17) is 15.2 Å². The Bertz CT molecular complexity index is 338. The van der Waals surface area contributed by atoms with Crippen LogP contribution in [0.5, 0.6) is 0 Å². The van der Waals surface area contributed by atoms with E-state index in [9.17, 15) is 0 Å². The highest BCUT2D eigenvalue weighted by Crippen LogP contribution is 2.18. The SMILES string of the molecule is COCCOCCCNc1nc(N)ncc1Br. The Labute approximate surface area is 109 Å². The summed E-state index contributed by atoms with van der Waals surface area (Å²) >= 11 is 3.34. The van der Waals surface area contributed by atoms with Crippen molar-refractivity contribution in [2.45, 2.75) is 6.42 Å². The Morgan fingerprint density at radius 1 is 1.41 bits per heavy atom. The minimum Gasteiger partial charge on any atom is -0.382 e. The fraction of sp³-hybridized carbons (Fsp3) is 0.600. The molecular weight excluding hydrogens is 288 g/mol. The minimum atomic E-state index is 0.257. The van der Waals surface area contributed by atoms with E-state index in [2.05, 4.69) is 31.2 Å². The first-order valence-corrected chi connectivity index (χ1v) is 6.12. The fourth-order valence-electron chi connectivity index (χ4n) is 1.13. The van der Waals surface area contributed by atoms with Gasteiger partial charge in [-0.2, -0.15) is 4.98 Å². The molecule has 96 valence electrons. The van der Waals surface area contributed by atoms with Crippen molar-refractivity contribution in [2.24, 2.45) is 0 Å². The molecular formula is C10H17BrN4O2. The summed E-state index contributed by atoms with van der Waals surface area (Å²) in [6.45, 7) is 2.71. The van der Waals surface area contributed by atoms with Gasteiger partial charge in [-0.25, -0.2) is 4.98 Å². The number of nitrogens with two attached hydrogens (primary N) is 1. The van der Waals surface area contributed by atoms with E-state index in [1.165, 1.54) is 0 Å². The molecule has 0 radical (unpaired) electrons. The van der Waals surface area contributed by atoms with Crippen LogP contribution < -0.4 is 11.1 Å². The molecule has 0 aliphatic carbocycles. The molecule has 7 heteroatoms. The summed E-state index contributed by atoms with van der Waals surface area (Å²) in [4.78, 5) is 7.93. The zero-order valence-corrected chi connectivity index (χ0v) is 11.4. The van der Waals surface area contributed by atoms with Gasteiger partial charge in [0.2, 0.25) is 5.95 Å². The third-order valence-corrected chi connectivity index (χ3v) is 2.53. The van der Waals surface area contributed by atoms with Gasteiger partial charge in [0.05, 0.1) is 17.7 Å². The third kappa shape index (κ3) is 5.81. The molecule has 0 unspecified atom stereocenters. The molecule has 0 amide bonds. The van der Waals surface area contributed by atoms with Gasteiger partial charge in [0.25, 0.3) is 0 Å². The Hall–Kier alpha value is -0.920. The van der Waals surface area contributed by atoms with Crippen LogP contribution in [0.1, 0.15) is 6.42 Å². The number of hydrogen-bond acceptors (Lipinski definition) is 6. The molecule has 0 aliphatic rings. The van der Waals surface area contributed by atoms with Gasteiger partial charge in [0, 0.05) is 26.5 Å². The molecule has 1 aromatic heterocycles. The van der Waals surface area contributed by atoms with Gasteiger partial charge in [0.1, 0.15) is 5.82 Å². The maximum Gasteiger partial charge on any atom is 0.221 e. The van der Waals surface area contributed by atoms with Crippen LogP contribution in [-0.4, -0.2) is 43.4 Å². The van der Waals surface area contributed by atoms with Gasteiger partial charge in [-0.1, -0.05) is 0 Å². The van der Waals surface area contributed by atoms with Gasteiger partial charge in [0.15, 0.2) is 0 Å². The van der Waals surface area contributed by atoms with E-state index in [1.54, 1.807) is 13.3 Å². The standard InChI is InChI=1S/C10H17BrN4O2/c1-16-5-6-17-4-2-3-13-9-8(11)7-14-10(12)15-9/h7H,2-6H2,1H3,(H3,12,13,14,15). The molecule has 1 rings (SSSR count). The number of aromatic nitrogens is 2. The van der Waals surface area contributed by atoms with Gasteiger partial charge in [-0.05, 0) is 22.4 Å². The first kappa shape index (κ1) is 14.1. The molecule has 0 saturated heterocycles. The molecule has 0 atom stereocenters. The van der Waals surface area contributed by atoms with Gasteiger partial charge in [-0.3, -0.25) is 0 Å². The van der Waals surface area contributed by atoms with Crippen molar-refractivity contribution in [3.05, 3.63) is 10.7 Å². The van der Waals surface area contributed by atoms with Crippen molar-refractivity contribution < 1.29 is 9.47 Å². The topological polar surface area (TPSA) is 82.3 Å². The van der Waals surface area contributed by atoms with Gasteiger partial charge in [-0.15, -0.1) is 0 Å². The average Bonchev–Trinajstić information content (AvgIpc) is 2.32. The van der Waals surface area contributed by atoms with E-state index in [-0.39, 0.29) is 5.95 Å². The summed E-state index contributed by atoms with van der Waals surface area (Å²) in [6.07, 6.45) is 2.51. The molecule has 3 N–H and O–H groups in total. The van der Waals surface area contributed by atoms with Crippen molar-refractivity contribution >= 4 is 27.7 Å². The summed E-state index contributed by atoms with van der Waals surface area (Å²) in [7, 11) is 1.65. The third-order valence-electron chi connectivity index (χ3n) is 1.95. The molecule has 0 bridgehead atoms. The van der Waals surface area contributed by atoms with Crippen molar-refractivity contribution in [1.82, 2.24) is 9.97 Å². The Balaban J connectivity index is 2.15. The number of nitrogens with one attached hydrogen (secondary N) is 1. The first-order chi connectivity index (χ1) is 8.24. The lowest BCUT2D eigenvalue weighted by Crippen LogP contribution is -2.10. The largest absolute Gasteiger partial charge is 0.382 e. The van der Waals surface area contributed by atoms with Crippen molar-refractivity contribution in [2.75, 3.05) is 44.5 Å². The maximum atomic E-state index is 5.49. The van der Waals surface area contributed by atoms with Crippen LogP contribution in [0.3, 0.4) is 0 Å². The molecule has 1 heterocycles. The smallest absolute Gasteiger partial charge is 0.221 e. The van der Waals surface area contributed by atoms with Crippen molar-refractivity contribution in [3.8, 4) is 0 Å². The minimum absolute atomic E-state index is 0.257. The van der Waals surface area contributed by atoms with Crippen LogP contribution in [0.2, 0.25) is 0 Å². The Kier molecular flexibility index (Phi) is 6.83. The molecule has 0 fully saturated rings. The highest BCUT2D eigenvalue weighted by atomic mass is 79.9.